The van der Waals surface area contributed by atoms with Crippen molar-refractivity contribution in [1.29, 1.82) is 0 Å². The lowest BCUT2D eigenvalue weighted by atomic mass is 9.42. The first-order chi connectivity index (χ1) is 14.1. The van der Waals surface area contributed by atoms with Crippen LogP contribution in [0.5, 0.6) is 0 Å². The molecule has 0 bridgehead atoms. The van der Waals surface area contributed by atoms with Gasteiger partial charge in [0.1, 0.15) is 5.78 Å². The second kappa shape index (κ2) is 7.90. The standard InChI is InChI=1S/C26H42O4/c1-5-17-21-14-16(27)10-12-26(21,4)20-11-13-25(3)18(15(2)6-9-22(28)29)7-8-19(25)23(20)24(17)30/h15-21,23,27H,5-14H2,1-4H3,(H,28,29)/t15-,16-,17-,18-,19+,20?,21+,23?,25-,26-/m1/s1. The molecule has 0 saturated heterocycles. The molecule has 4 aliphatic carbocycles. The Labute approximate surface area is 182 Å². The van der Waals surface area contributed by atoms with Crippen LogP contribution < -0.4 is 0 Å². The third-order valence-corrected chi connectivity index (χ3v) is 10.7. The molecule has 0 aromatic rings. The molecule has 2 unspecified atom stereocenters. The van der Waals surface area contributed by atoms with Gasteiger partial charge in [-0.15, -0.1) is 0 Å². The number of fused-ring (bicyclic) bond motifs is 5. The second-order valence-electron chi connectivity index (χ2n) is 11.8. The van der Waals surface area contributed by atoms with Gasteiger partial charge in [-0.05, 0) is 98.2 Å². The van der Waals surface area contributed by atoms with Gasteiger partial charge in [0.2, 0.25) is 0 Å². The first-order valence-corrected chi connectivity index (χ1v) is 12.6. The number of aliphatic carboxylic acids is 1. The highest BCUT2D eigenvalue weighted by Gasteiger charge is 2.65. The van der Waals surface area contributed by atoms with Gasteiger partial charge in [-0.1, -0.05) is 27.7 Å². The predicted molar refractivity (Wildman–Crippen MR) is 117 cm³/mol. The summed E-state index contributed by atoms with van der Waals surface area (Å²) in [5.41, 5.74) is 0.358. The highest BCUT2D eigenvalue weighted by atomic mass is 16.4. The van der Waals surface area contributed by atoms with E-state index < -0.39 is 5.97 Å². The molecule has 0 aliphatic heterocycles. The Kier molecular flexibility index (Phi) is 5.87. The maximum Gasteiger partial charge on any atom is 0.303 e. The van der Waals surface area contributed by atoms with Crippen molar-refractivity contribution in [3.05, 3.63) is 0 Å². The topological polar surface area (TPSA) is 74.6 Å². The molecule has 170 valence electrons. The Bertz CT molecular complexity index is 689. The molecule has 4 fully saturated rings. The Hall–Kier alpha value is -0.900. The fourth-order valence-electron chi connectivity index (χ4n) is 9.16. The molecule has 0 aromatic carbocycles. The van der Waals surface area contributed by atoms with Gasteiger partial charge in [0, 0.05) is 18.3 Å². The van der Waals surface area contributed by atoms with Crippen LogP contribution in [0.2, 0.25) is 0 Å². The quantitative estimate of drug-likeness (QED) is 0.633. The van der Waals surface area contributed by atoms with Gasteiger partial charge in [0.15, 0.2) is 0 Å². The smallest absolute Gasteiger partial charge is 0.303 e. The summed E-state index contributed by atoms with van der Waals surface area (Å²) >= 11 is 0. The van der Waals surface area contributed by atoms with E-state index in [9.17, 15) is 14.7 Å². The minimum absolute atomic E-state index is 0.108. The molecule has 4 saturated carbocycles. The number of aliphatic hydroxyl groups excluding tert-OH is 1. The van der Waals surface area contributed by atoms with Crippen LogP contribution >= 0.6 is 0 Å². The molecule has 4 heteroatoms. The summed E-state index contributed by atoms with van der Waals surface area (Å²) in [7, 11) is 0. The van der Waals surface area contributed by atoms with Crippen LogP contribution in [0.3, 0.4) is 0 Å². The minimum Gasteiger partial charge on any atom is -0.481 e. The summed E-state index contributed by atoms with van der Waals surface area (Å²) in [6, 6.07) is 0. The van der Waals surface area contributed by atoms with Crippen molar-refractivity contribution >= 4 is 11.8 Å². The normalized spacial score (nSPS) is 49.1. The first-order valence-electron chi connectivity index (χ1n) is 12.6. The Morgan fingerprint density at radius 3 is 2.40 bits per heavy atom. The number of hydrogen-bond donors (Lipinski definition) is 2. The Morgan fingerprint density at radius 1 is 1.07 bits per heavy atom. The fourth-order valence-corrected chi connectivity index (χ4v) is 9.16. The van der Waals surface area contributed by atoms with E-state index in [1.807, 2.05) is 0 Å². The van der Waals surface area contributed by atoms with Gasteiger partial charge in [0.05, 0.1) is 6.10 Å². The highest BCUT2D eigenvalue weighted by Crippen LogP contribution is 2.68. The number of carboxylic acid groups (broad SMARTS) is 1. The number of hydrogen-bond acceptors (Lipinski definition) is 3. The fraction of sp³-hybridized carbons (Fsp3) is 0.923. The molecule has 0 aromatic heterocycles. The molecule has 4 aliphatic rings. The van der Waals surface area contributed by atoms with Gasteiger partial charge in [0.25, 0.3) is 0 Å². The molecule has 2 N–H and O–H groups in total. The van der Waals surface area contributed by atoms with E-state index >= 15 is 0 Å². The van der Waals surface area contributed by atoms with Gasteiger partial charge >= 0.3 is 5.97 Å². The lowest BCUT2D eigenvalue weighted by molar-refractivity contribution is -0.173. The summed E-state index contributed by atoms with van der Waals surface area (Å²) in [5.74, 6) is 2.31. The largest absolute Gasteiger partial charge is 0.481 e. The lowest BCUT2D eigenvalue weighted by Crippen LogP contribution is -2.60. The lowest BCUT2D eigenvalue weighted by Gasteiger charge is -2.62. The van der Waals surface area contributed by atoms with Crippen LogP contribution in [0, 0.1) is 52.3 Å². The van der Waals surface area contributed by atoms with Gasteiger partial charge in [-0.3, -0.25) is 9.59 Å². The van der Waals surface area contributed by atoms with Crippen LogP contribution in [-0.4, -0.2) is 28.1 Å². The zero-order chi connectivity index (χ0) is 21.8. The number of aliphatic hydroxyl groups is 1. The molecular formula is C26H42O4. The summed E-state index contributed by atoms with van der Waals surface area (Å²) in [6.07, 6.45) is 9.01. The first kappa shape index (κ1) is 22.3. The van der Waals surface area contributed by atoms with Crippen molar-refractivity contribution < 1.29 is 19.8 Å². The van der Waals surface area contributed by atoms with Crippen molar-refractivity contribution in [3.63, 3.8) is 0 Å². The van der Waals surface area contributed by atoms with Crippen molar-refractivity contribution in [1.82, 2.24) is 0 Å². The number of ketones is 1. The van der Waals surface area contributed by atoms with E-state index in [1.165, 1.54) is 6.42 Å². The molecular weight excluding hydrogens is 376 g/mol. The molecule has 4 nitrogen and oxygen atoms in total. The Morgan fingerprint density at radius 2 is 1.73 bits per heavy atom. The van der Waals surface area contributed by atoms with Crippen molar-refractivity contribution in [3.8, 4) is 0 Å². The number of carbonyl (C=O) groups excluding carboxylic acids is 1. The van der Waals surface area contributed by atoms with Crippen molar-refractivity contribution in [2.24, 2.45) is 52.3 Å². The number of carbonyl (C=O) groups is 2. The maximum atomic E-state index is 13.9. The van der Waals surface area contributed by atoms with E-state index in [0.29, 0.717) is 35.4 Å². The highest BCUT2D eigenvalue weighted by molar-refractivity contribution is 5.86. The summed E-state index contributed by atoms with van der Waals surface area (Å²) < 4.78 is 0. The zero-order valence-corrected chi connectivity index (χ0v) is 19.4. The molecule has 0 radical (unpaired) electrons. The summed E-state index contributed by atoms with van der Waals surface area (Å²) in [6.45, 7) is 9.28. The van der Waals surface area contributed by atoms with Gasteiger partial charge in [-0.2, -0.15) is 0 Å². The van der Waals surface area contributed by atoms with Gasteiger partial charge < -0.3 is 10.2 Å². The van der Waals surface area contributed by atoms with Crippen molar-refractivity contribution in [2.45, 2.75) is 98.0 Å². The van der Waals surface area contributed by atoms with Crippen LogP contribution in [0.15, 0.2) is 0 Å². The zero-order valence-electron chi connectivity index (χ0n) is 19.4. The molecule has 0 spiro atoms. The van der Waals surface area contributed by atoms with E-state index in [4.69, 9.17) is 5.11 Å². The molecule has 10 atom stereocenters. The molecule has 4 rings (SSSR count). The molecule has 30 heavy (non-hydrogen) atoms. The number of rotatable bonds is 5. The van der Waals surface area contributed by atoms with Crippen molar-refractivity contribution in [2.75, 3.05) is 0 Å². The summed E-state index contributed by atoms with van der Waals surface area (Å²) in [4.78, 5) is 25.0. The number of carboxylic acids is 1. The van der Waals surface area contributed by atoms with E-state index in [-0.39, 0.29) is 35.2 Å². The van der Waals surface area contributed by atoms with E-state index in [1.54, 1.807) is 0 Å². The third kappa shape index (κ3) is 3.27. The molecule has 0 heterocycles. The summed E-state index contributed by atoms with van der Waals surface area (Å²) in [5, 5.41) is 19.5. The third-order valence-electron chi connectivity index (χ3n) is 10.7. The van der Waals surface area contributed by atoms with E-state index in [2.05, 4.69) is 27.7 Å². The molecule has 0 amide bonds. The SMILES string of the molecule is CC[C@H]1C(=O)C2C(CC[C@]3(C)[C@@H]([C@H](C)CCC(=O)O)CC[C@@H]23)[C@@]2(C)CC[C@@H](O)C[C@@H]12. The van der Waals surface area contributed by atoms with Crippen LogP contribution in [0.25, 0.3) is 0 Å². The second-order valence-corrected chi connectivity index (χ2v) is 11.8. The van der Waals surface area contributed by atoms with Crippen LogP contribution in [-0.2, 0) is 9.59 Å². The monoisotopic (exact) mass is 418 g/mol. The number of Topliss-reactive ketones (excluding diaryl/α,β-unsaturated/α-hetero) is 1. The average molecular weight is 419 g/mol. The van der Waals surface area contributed by atoms with E-state index in [0.717, 1.165) is 51.4 Å². The Balaban J connectivity index is 1.62. The van der Waals surface area contributed by atoms with Crippen LogP contribution in [0.1, 0.15) is 91.9 Å². The average Bonchev–Trinajstić information content (AvgIpc) is 3.05. The van der Waals surface area contributed by atoms with Crippen LogP contribution in [0.4, 0.5) is 0 Å². The van der Waals surface area contributed by atoms with Gasteiger partial charge in [-0.25, -0.2) is 0 Å². The maximum absolute atomic E-state index is 13.9. The minimum atomic E-state index is -0.697. The predicted octanol–water partition coefficient (Wildman–Crippen LogP) is 5.32.